The zero-order valence-electron chi connectivity index (χ0n) is 16.2. The highest BCUT2D eigenvalue weighted by Crippen LogP contribution is 2.19. The second-order valence-electron chi connectivity index (χ2n) is 7.08. The molecule has 2 rings (SSSR count). The quantitative estimate of drug-likeness (QED) is 0.643. The van der Waals surface area contributed by atoms with Crippen molar-refractivity contribution in [1.29, 1.82) is 0 Å². The van der Waals surface area contributed by atoms with Crippen LogP contribution in [0.1, 0.15) is 38.2 Å². The van der Waals surface area contributed by atoms with Crippen LogP contribution in [0.5, 0.6) is 0 Å². The summed E-state index contributed by atoms with van der Waals surface area (Å²) in [5.74, 6) is 0.263. The Labute approximate surface area is 161 Å². The van der Waals surface area contributed by atoms with Crippen LogP contribution in [-0.2, 0) is 16.0 Å². The van der Waals surface area contributed by atoms with Crippen LogP contribution in [0, 0.1) is 5.92 Å². The molecule has 150 valence electrons. The van der Waals surface area contributed by atoms with Gasteiger partial charge in [-0.15, -0.1) is 0 Å². The lowest BCUT2D eigenvalue weighted by atomic mass is 9.97. The summed E-state index contributed by atoms with van der Waals surface area (Å²) in [7, 11) is 0. The minimum absolute atomic E-state index is 0.00362. The molecule has 0 aromatic heterocycles. The predicted molar refractivity (Wildman–Crippen MR) is 106 cm³/mol. The molecule has 1 aliphatic heterocycles. The van der Waals surface area contributed by atoms with Gasteiger partial charge in [0.05, 0.1) is 12.6 Å². The number of anilines is 1. The van der Waals surface area contributed by atoms with Crippen LogP contribution in [0.2, 0.25) is 0 Å². The van der Waals surface area contributed by atoms with Gasteiger partial charge in [-0.2, -0.15) is 0 Å². The second-order valence-corrected chi connectivity index (χ2v) is 7.08. The van der Waals surface area contributed by atoms with Gasteiger partial charge in [-0.25, -0.2) is 4.79 Å². The lowest BCUT2D eigenvalue weighted by Crippen LogP contribution is -2.47. The van der Waals surface area contributed by atoms with Crippen LogP contribution >= 0.6 is 0 Å². The Morgan fingerprint density at radius 2 is 1.93 bits per heavy atom. The van der Waals surface area contributed by atoms with Crippen molar-refractivity contribution in [3.05, 3.63) is 29.8 Å². The number of rotatable bonds is 8. The summed E-state index contributed by atoms with van der Waals surface area (Å²) in [4.78, 5) is 26.1. The first-order valence-corrected chi connectivity index (χ1v) is 9.80. The van der Waals surface area contributed by atoms with E-state index in [1.54, 1.807) is 0 Å². The van der Waals surface area contributed by atoms with Gasteiger partial charge in [0.1, 0.15) is 0 Å². The fraction of sp³-hybridized carbons (Fsp3) is 0.600. The van der Waals surface area contributed by atoms with Gasteiger partial charge in [0.15, 0.2) is 0 Å². The average molecular weight is 377 g/mol. The Balaban J connectivity index is 1.67. The second kappa shape index (κ2) is 10.9. The number of nitrogens with zero attached hydrogens (tertiary/aromatic N) is 1. The number of carbonyl (C=O) groups is 2. The maximum Gasteiger partial charge on any atom is 0.411 e. The van der Waals surface area contributed by atoms with E-state index in [-0.39, 0.29) is 11.8 Å². The SMILES string of the molecule is CCc1ccc(NC(=O)OCC2CCN(C(=O)C(N)CCCN)CC2)cc1. The van der Waals surface area contributed by atoms with Crippen molar-refractivity contribution in [2.24, 2.45) is 17.4 Å². The molecule has 0 radical (unpaired) electrons. The van der Waals surface area contributed by atoms with Gasteiger partial charge >= 0.3 is 6.09 Å². The molecular weight excluding hydrogens is 344 g/mol. The zero-order chi connectivity index (χ0) is 19.6. The molecule has 2 amide bonds. The number of hydrogen-bond acceptors (Lipinski definition) is 5. The number of amides is 2. The number of benzene rings is 1. The highest BCUT2D eigenvalue weighted by molar-refractivity contribution is 5.84. The van der Waals surface area contributed by atoms with E-state index in [9.17, 15) is 9.59 Å². The van der Waals surface area contributed by atoms with E-state index in [0.717, 1.165) is 31.4 Å². The summed E-state index contributed by atoms with van der Waals surface area (Å²) in [6.45, 7) is 4.31. The summed E-state index contributed by atoms with van der Waals surface area (Å²) >= 11 is 0. The Morgan fingerprint density at radius 3 is 2.52 bits per heavy atom. The van der Waals surface area contributed by atoms with Gasteiger partial charge in [0.2, 0.25) is 5.91 Å². The smallest absolute Gasteiger partial charge is 0.411 e. The molecule has 1 saturated heterocycles. The van der Waals surface area contributed by atoms with Gasteiger partial charge in [-0.1, -0.05) is 19.1 Å². The van der Waals surface area contributed by atoms with Crippen LogP contribution in [0.3, 0.4) is 0 Å². The third-order valence-electron chi connectivity index (χ3n) is 5.02. The van der Waals surface area contributed by atoms with Crippen LogP contribution in [0.15, 0.2) is 24.3 Å². The van der Waals surface area contributed by atoms with E-state index in [0.29, 0.717) is 32.7 Å². The predicted octanol–water partition coefficient (Wildman–Crippen LogP) is 2.10. The van der Waals surface area contributed by atoms with Gasteiger partial charge in [-0.05, 0) is 62.3 Å². The first-order chi connectivity index (χ1) is 13.0. The van der Waals surface area contributed by atoms with E-state index in [4.69, 9.17) is 16.2 Å². The minimum Gasteiger partial charge on any atom is -0.449 e. The van der Waals surface area contributed by atoms with Crippen molar-refractivity contribution in [3.63, 3.8) is 0 Å². The summed E-state index contributed by atoms with van der Waals surface area (Å²) in [5.41, 5.74) is 13.3. The number of carbonyl (C=O) groups excluding carboxylic acids is 2. The Kier molecular flexibility index (Phi) is 8.54. The lowest BCUT2D eigenvalue weighted by Gasteiger charge is -2.33. The third-order valence-corrected chi connectivity index (χ3v) is 5.02. The molecule has 0 saturated carbocycles. The number of nitrogens with one attached hydrogen (secondary N) is 1. The van der Waals surface area contributed by atoms with Gasteiger partial charge in [-0.3, -0.25) is 10.1 Å². The summed E-state index contributed by atoms with van der Waals surface area (Å²) in [6, 6.07) is 7.25. The molecular formula is C20H32N4O3. The number of likely N-dealkylation sites (tertiary alicyclic amines) is 1. The number of ether oxygens (including phenoxy) is 1. The Morgan fingerprint density at radius 1 is 1.26 bits per heavy atom. The molecule has 0 bridgehead atoms. The van der Waals surface area contributed by atoms with E-state index in [1.165, 1.54) is 5.56 Å². The van der Waals surface area contributed by atoms with Crippen LogP contribution in [-0.4, -0.2) is 49.2 Å². The van der Waals surface area contributed by atoms with Crippen molar-refractivity contribution in [1.82, 2.24) is 4.90 Å². The minimum atomic E-state index is -0.466. The zero-order valence-corrected chi connectivity index (χ0v) is 16.2. The molecule has 1 unspecified atom stereocenters. The fourth-order valence-electron chi connectivity index (χ4n) is 3.19. The fourth-order valence-corrected chi connectivity index (χ4v) is 3.19. The molecule has 0 spiro atoms. The van der Waals surface area contributed by atoms with Crippen molar-refractivity contribution in [2.75, 3.05) is 31.6 Å². The maximum absolute atomic E-state index is 12.3. The van der Waals surface area contributed by atoms with E-state index in [2.05, 4.69) is 12.2 Å². The van der Waals surface area contributed by atoms with Crippen molar-refractivity contribution in [3.8, 4) is 0 Å². The molecule has 7 nitrogen and oxygen atoms in total. The molecule has 1 atom stereocenters. The molecule has 1 aromatic rings. The van der Waals surface area contributed by atoms with E-state index in [1.807, 2.05) is 29.2 Å². The van der Waals surface area contributed by atoms with E-state index >= 15 is 0 Å². The highest BCUT2D eigenvalue weighted by atomic mass is 16.5. The molecule has 1 aromatic carbocycles. The van der Waals surface area contributed by atoms with Crippen LogP contribution < -0.4 is 16.8 Å². The number of aryl methyl sites for hydroxylation is 1. The van der Waals surface area contributed by atoms with Crippen LogP contribution in [0.4, 0.5) is 10.5 Å². The first-order valence-electron chi connectivity index (χ1n) is 9.80. The molecule has 1 aliphatic rings. The van der Waals surface area contributed by atoms with Crippen LogP contribution in [0.25, 0.3) is 0 Å². The van der Waals surface area contributed by atoms with Gasteiger partial charge in [0, 0.05) is 18.8 Å². The monoisotopic (exact) mass is 376 g/mol. The third kappa shape index (κ3) is 6.84. The summed E-state index contributed by atoms with van der Waals surface area (Å²) < 4.78 is 5.35. The number of nitrogens with two attached hydrogens (primary N) is 2. The number of hydrogen-bond donors (Lipinski definition) is 3. The van der Waals surface area contributed by atoms with Gasteiger partial charge < -0.3 is 21.1 Å². The Bertz CT molecular complexity index is 598. The topological polar surface area (TPSA) is 111 Å². The average Bonchev–Trinajstić information content (AvgIpc) is 2.71. The largest absolute Gasteiger partial charge is 0.449 e. The molecule has 1 fully saturated rings. The molecule has 1 heterocycles. The molecule has 7 heteroatoms. The van der Waals surface area contributed by atoms with Crippen molar-refractivity contribution in [2.45, 2.75) is 45.1 Å². The summed E-state index contributed by atoms with van der Waals surface area (Å²) in [6.07, 6.45) is 3.53. The molecule has 27 heavy (non-hydrogen) atoms. The van der Waals surface area contributed by atoms with Gasteiger partial charge in [0.25, 0.3) is 0 Å². The van der Waals surface area contributed by atoms with E-state index < -0.39 is 12.1 Å². The first kappa shape index (κ1) is 21.2. The summed E-state index contributed by atoms with van der Waals surface area (Å²) in [5, 5.41) is 2.74. The highest BCUT2D eigenvalue weighted by Gasteiger charge is 2.26. The normalized spacial score (nSPS) is 16.0. The standard InChI is InChI=1S/C20H32N4O3/c1-2-15-5-7-17(8-6-15)23-20(26)27-14-16-9-12-24(13-10-16)19(25)18(22)4-3-11-21/h5-8,16,18H,2-4,9-14,21-22H2,1H3,(H,23,26). The van der Waals surface area contributed by atoms with Crippen molar-refractivity contribution < 1.29 is 14.3 Å². The molecule has 5 N–H and O–H groups in total. The Hall–Kier alpha value is -2.12. The molecule has 0 aliphatic carbocycles. The lowest BCUT2D eigenvalue weighted by molar-refractivity contribution is -0.134. The maximum atomic E-state index is 12.3. The number of piperidine rings is 1. The van der Waals surface area contributed by atoms with Crippen molar-refractivity contribution >= 4 is 17.7 Å².